The zero-order chi connectivity index (χ0) is 13.8. The molecule has 0 spiro atoms. The van der Waals surface area contributed by atoms with E-state index in [9.17, 15) is 9.50 Å². The van der Waals surface area contributed by atoms with Crippen LogP contribution in [0.15, 0.2) is 46.9 Å². The third kappa shape index (κ3) is 3.33. The number of hydrogen-bond donors (Lipinski definition) is 1. The Balaban J connectivity index is 2.25. The number of benzene rings is 2. The van der Waals surface area contributed by atoms with E-state index >= 15 is 0 Å². The zero-order valence-corrected chi connectivity index (χ0v) is 12.0. The van der Waals surface area contributed by atoms with Crippen molar-refractivity contribution < 1.29 is 14.2 Å². The van der Waals surface area contributed by atoms with Crippen LogP contribution in [0.4, 0.5) is 4.39 Å². The van der Waals surface area contributed by atoms with Crippen LogP contribution in [0.2, 0.25) is 0 Å². The van der Waals surface area contributed by atoms with E-state index in [0.29, 0.717) is 16.6 Å². The molecule has 0 saturated heterocycles. The van der Waals surface area contributed by atoms with Gasteiger partial charge in [-0.2, -0.15) is 0 Å². The van der Waals surface area contributed by atoms with Crippen LogP contribution in [0.25, 0.3) is 0 Å². The van der Waals surface area contributed by atoms with Gasteiger partial charge in [0.2, 0.25) is 0 Å². The molecule has 2 aromatic rings. The fraction of sp³-hybridized carbons (Fsp3) is 0.200. The molecule has 0 aromatic heterocycles. The summed E-state index contributed by atoms with van der Waals surface area (Å²) in [5.41, 5.74) is 1.36. The maximum absolute atomic E-state index is 13.0. The highest BCUT2D eigenvalue weighted by atomic mass is 79.9. The molecule has 2 aromatic carbocycles. The Morgan fingerprint density at radius 3 is 2.47 bits per heavy atom. The first kappa shape index (κ1) is 14.0. The number of aliphatic hydroxyl groups excluding tert-OH is 1. The SMILES string of the molecule is CCOc1ccc(C(O)c2ccc(F)cc2Br)cc1. The molecule has 4 heteroatoms. The van der Waals surface area contributed by atoms with Gasteiger partial charge in [0.15, 0.2) is 0 Å². The van der Waals surface area contributed by atoms with Gasteiger partial charge in [0.25, 0.3) is 0 Å². The lowest BCUT2D eigenvalue weighted by atomic mass is 10.0. The molecule has 0 heterocycles. The number of rotatable bonds is 4. The molecular weight excluding hydrogens is 311 g/mol. The standard InChI is InChI=1S/C15H14BrFO2/c1-2-19-12-6-3-10(4-7-12)15(18)13-8-5-11(17)9-14(13)16/h3-9,15,18H,2H2,1H3. The highest BCUT2D eigenvalue weighted by molar-refractivity contribution is 9.10. The minimum absolute atomic E-state index is 0.338. The largest absolute Gasteiger partial charge is 0.494 e. The second-order valence-corrected chi connectivity index (χ2v) is 4.92. The number of ether oxygens (including phenoxy) is 1. The normalized spacial score (nSPS) is 12.2. The van der Waals surface area contributed by atoms with E-state index in [4.69, 9.17) is 4.74 Å². The fourth-order valence-electron chi connectivity index (χ4n) is 1.82. The van der Waals surface area contributed by atoms with Gasteiger partial charge in [-0.3, -0.25) is 0 Å². The van der Waals surface area contributed by atoms with E-state index in [2.05, 4.69) is 15.9 Å². The van der Waals surface area contributed by atoms with Gasteiger partial charge in [0.05, 0.1) is 6.61 Å². The van der Waals surface area contributed by atoms with Crippen LogP contribution in [0.5, 0.6) is 5.75 Å². The lowest BCUT2D eigenvalue weighted by molar-refractivity contribution is 0.219. The third-order valence-electron chi connectivity index (χ3n) is 2.76. The van der Waals surface area contributed by atoms with Gasteiger partial charge in [-0.1, -0.05) is 34.1 Å². The molecule has 0 aliphatic carbocycles. The molecule has 1 atom stereocenters. The van der Waals surface area contributed by atoms with Crippen LogP contribution >= 0.6 is 15.9 Å². The summed E-state index contributed by atoms with van der Waals surface area (Å²) in [7, 11) is 0. The van der Waals surface area contributed by atoms with Gasteiger partial charge < -0.3 is 9.84 Å². The number of aliphatic hydroxyl groups is 1. The average Bonchev–Trinajstić information content (AvgIpc) is 2.39. The molecule has 1 unspecified atom stereocenters. The molecule has 1 N–H and O–H groups in total. The van der Waals surface area contributed by atoms with E-state index in [1.54, 1.807) is 30.3 Å². The Labute approximate surface area is 120 Å². The second kappa shape index (κ2) is 6.17. The van der Waals surface area contributed by atoms with Crippen LogP contribution in [0.3, 0.4) is 0 Å². The molecule has 0 fully saturated rings. The first-order chi connectivity index (χ1) is 9.11. The quantitative estimate of drug-likeness (QED) is 0.918. The smallest absolute Gasteiger partial charge is 0.124 e. The molecule has 2 nitrogen and oxygen atoms in total. The van der Waals surface area contributed by atoms with Crippen molar-refractivity contribution in [2.75, 3.05) is 6.61 Å². The molecule has 2 rings (SSSR count). The van der Waals surface area contributed by atoms with E-state index in [1.165, 1.54) is 12.1 Å². The summed E-state index contributed by atoms with van der Waals surface area (Å²) in [6, 6.07) is 11.4. The molecular formula is C15H14BrFO2. The highest BCUT2D eigenvalue weighted by Crippen LogP contribution is 2.29. The molecule has 100 valence electrons. The van der Waals surface area contributed by atoms with Crippen LogP contribution in [-0.4, -0.2) is 11.7 Å². The molecule has 19 heavy (non-hydrogen) atoms. The fourth-order valence-corrected chi connectivity index (χ4v) is 2.38. The van der Waals surface area contributed by atoms with Gasteiger partial charge in [-0.15, -0.1) is 0 Å². The van der Waals surface area contributed by atoms with Crippen molar-refractivity contribution in [2.45, 2.75) is 13.0 Å². The third-order valence-corrected chi connectivity index (χ3v) is 3.45. The Kier molecular flexibility index (Phi) is 4.56. The van der Waals surface area contributed by atoms with Gasteiger partial charge in [0, 0.05) is 4.47 Å². The summed E-state index contributed by atoms with van der Waals surface area (Å²) in [5.74, 6) is 0.422. The predicted molar refractivity (Wildman–Crippen MR) is 75.8 cm³/mol. The van der Waals surface area contributed by atoms with E-state index in [-0.39, 0.29) is 5.82 Å². The van der Waals surface area contributed by atoms with Crippen LogP contribution in [0, 0.1) is 5.82 Å². The molecule has 0 bridgehead atoms. The molecule has 0 radical (unpaired) electrons. The predicted octanol–water partition coefficient (Wildman–Crippen LogP) is 4.07. The van der Waals surface area contributed by atoms with Crippen molar-refractivity contribution in [3.05, 3.63) is 63.9 Å². The topological polar surface area (TPSA) is 29.5 Å². The maximum Gasteiger partial charge on any atom is 0.124 e. The lowest BCUT2D eigenvalue weighted by Crippen LogP contribution is -2.01. The summed E-state index contributed by atoms with van der Waals surface area (Å²) in [4.78, 5) is 0. The second-order valence-electron chi connectivity index (χ2n) is 4.07. The van der Waals surface area contributed by atoms with Crippen molar-refractivity contribution in [2.24, 2.45) is 0 Å². The highest BCUT2D eigenvalue weighted by Gasteiger charge is 2.14. The number of halogens is 2. The summed E-state index contributed by atoms with van der Waals surface area (Å²) in [5, 5.41) is 10.3. The number of hydrogen-bond acceptors (Lipinski definition) is 2. The first-order valence-electron chi connectivity index (χ1n) is 5.97. The minimum atomic E-state index is -0.800. The monoisotopic (exact) mass is 324 g/mol. The summed E-state index contributed by atoms with van der Waals surface area (Å²) >= 11 is 3.26. The van der Waals surface area contributed by atoms with Crippen molar-refractivity contribution in [1.82, 2.24) is 0 Å². The van der Waals surface area contributed by atoms with Gasteiger partial charge >= 0.3 is 0 Å². The summed E-state index contributed by atoms with van der Waals surface area (Å²) in [6.45, 7) is 2.52. The zero-order valence-electron chi connectivity index (χ0n) is 10.4. The van der Waals surface area contributed by atoms with Gasteiger partial charge in [0.1, 0.15) is 17.7 Å². The Hall–Kier alpha value is -1.39. The van der Waals surface area contributed by atoms with Crippen LogP contribution in [-0.2, 0) is 0 Å². The van der Waals surface area contributed by atoms with E-state index in [0.717, 1.165) is 11.3 Å². The Morgan fingerprint density at radius 2 is 1.89 bits per heavy atom. The van der Waals surface area contributed by atoms with Crippen LogP contribution < -0.4 is 4.74 Å². The minimum Gasteiger partial charge on any atom is -0.494 e. The average molecular weight is 325 g/mol. The Bertz CT molecular complexity index is 555. The molecule has 0 aliphatic heterocycles. The lowest BCUT2D eigenvalue weighted by Gasteiger charge is -2.14. The van der Waals surface area contributed by atoms with Crippen molar-refractivity contribution in [1.29, 1.82) is 0 Å². The van der Waals surface area contributed by atoms with Crippen LogP contribution in [0.1, 0.15) is 24.2 Å². The van der Waals surface area contributed by atoms with E-state index < -0.39 is 6.10 Å². The van der Waals surface area contributed by atoms with Crippen molar-refractivity contribution >= 4 is 15.9 Å². The molecule has 0 amide bonds. The Morgan fingerprint density at radius 1 is 1.21 bits per heavy atom. The maximum atomic E-state index is 13.0. The summed E-state index contributed by atoms with van der Waals surface area (Å²) < 4.78 is 18.9. The molecule has 0 saturated carbocycles. The van der Waals surface area contributed by atoms with E-state index in [1.807, 2.05) is 6.92 Å². The van der Waals surface area contributed by atoms with Crippen molar-refractivity contribution in [3.63, 3.8) is 0 Å². The summed E-state index contributed by atoms with van der Waals surface area (Å²) in [6.07, 6.45) is -0.800. The van der Waals surface area contributed by atoms with Gasteiger partial charge in [-0.25, -0.2) is 4.39 Å². The first-order valence-corrected chi connectivity index (χ1v) is 6.77. The van der Waals surface area contributed by atoms with Crippen molar-refractivity contribution in [3.8, 4) is 5.75 Å². The van der Waals surface area contributed by atoms with Gasteiger partial charge in [-0.05, 0) is 42.3 Å². The molecule has 0 aliphatic rings.